The fourth-order valence-electron chi connectivity index (χ4n) is 3.68. The molecule has 0 fully saturated rings. The SMILES string of the molecule is CC/C(=C\C(CC(C)c1ccc(O)cc1)c1ccc(O)cc1)c1ccc(O)cc1. The lowest BCUT2D eigenvalue weighted by Gasteiger charge is -2.21. The van der Waals surface area contributed by atoms with Crippen LogP contribution in [0.5, 0.6) is 17.2 Å². The van der Waals surface area contributed by atoms with Crippen molar-refractivity contribution in [2.24, 2.45) is 0 Å². The van der Waals surface area contributed by atoms with Gasteiger partial charge in [0.15, 0.2) is 0 Å². The van der Waals surface area contributed by atoms with Crippen LogP contribution in [0.15, 0.2) is 78.9 Å². The Kier molecular flexibility index (Phi) is 6.61. The molecular weight excluding hydrogens is 360 g/mol. The van der Waals surface area contributed by atoms with E-state index in [4.69, 9.17) is 0 Å². The van der Waals surface area contributed by atoms with Crippen molar-refractivity contribution in [2.75, 3.05) is 0 Å². The van der Waals surface area contributed by atoms with Gasteiger partial charge in [-0.25, -0.2) is 0 Å². The lowest BCUT2D eigenvalue weighted by molar-refractivity contribution is 0.474. The molecule has 3 aromatic rings. The number of benzene rings is 3. The number of hydrogen-bond acceptors (Lipinski definition) is 3. The number of aromatic hydroxyl groups is 3. The first-order chi connectivity index (χ1) is 14.0. The molecule has 0 spiro atoms. The molecule has 0 bridgehead atoms. The van der Waals surface area contributed by atoms with Crippen molar-refractivity contribution >= 4 is 5.57 Å². The maximum atomic E-state index is 9.69. The first-order valence-electron chi connectivity index (χ1n) is 10.0. The van der Waals surface area contributed by atoms with E-state index in [0.717, 1.165) is 24.0 Å². The van der Waals surface area contributed by atoms with E-state index in [1.165, 1.54) is 11.1 Å². The Morgan fingerprint density at radius 1 is 0.724 bits per heavy atom. The van der Waals surface area contributed by atoms with Crippen LogP contribution < -0.4 is 0 Å². The van der Waals surface area contributed by atoms with Gasteiger partial charge in [-0.05, 0) is 77.4 Å². The lowest BCUT2D eigenvalue weighted by atomic mass is 9.84. The fourth-order valence-corrected chi connectivity index (χ4v) is 3.68. The zero-order valence-electron chi connectivity index (χ0n) is 16.9. The summed E-state index contributed by atoms with van der Waals surface area (Å²) in [6, 6.07) is 22.1. The molecule has 0 saturated heterocycles. The molecule has 3 N–H and O–H groups in total. The average molecular weight is 389 g/mol. The van der Waals surface area contributed by atoms with Crippen LogP contribution in [-0.2, 0) is 0 Å². The largest absolute Gasteiger partial charge is 0.508 e. The van der Waals surface area contributed by atoms with E-state index < -0.39 is 0 Å². The van der Waals surface area contributed by atoms with E-state index in [1.54, 1.807) is 36.4 Å². The molecule has 150 valence electrons. The van der Waals surface area contributed by atoms with E-state index >= 15 is 0 Å². The minimum Gasteiger partial charge on any atom is -0.508 e. The Morgan fingerprint density at radius 2 is 1.17 bits per heavy atom. The monoisotopic (exact) mass is 388 g/mol. The smallest absolute Gasteiger partial charge is 0.115 e. The van der Waals surface area contributed by atoms with Crippen LogP contribution in [0.2, 0.25) is 0 Å². The normalized spacial score (nSPS) is 13.8. The third kappa shape index (κ3) is 5.41. The van der Waals surface area contributed by atoms with Crippen LogP contribution in [0.1, 0.15) is 55.2 Å². The van der Waals surface area contributed by atoms with Crippen LogP contribution >= 0.6 is 0 Å². The first kappa shape index (κ1) is 20.5. The quantitative estimate of drug-likeness (QED) is 0.429. The number of hydrogen-bond donors (Lipinski definition) is 3. The van der Waals surface area contributed by atoms with Crippen molar-refractivity contribution in [3.05, 3.63) is 95.6 Å². The molecule has 0 radical (unpaired) electrons. The zero-order valence-corrected chi connectivity index (χ0v) is 16.9. The molecule has 3 aromatic carbocycles. The Morgan fingerprint density at radius 3 is 1.66 bits per heavy atom. The molecule has 3 rings (SSSR count). The van der Waals surface area contributed by atoms with Crippen molar-refractivity contribution in [1.82, 2.24) is 0 Å². The molecular formula is C26H28O3. The molecule has 29 heavy (non-hydrogen) atoms. The van der Waals surface area contributed by atoms with E-state index in [0.29, 0.717) is 5.92 Å². The molecule has 2 unspecified atom stereocenters. The second kappa shape index (κ2) is 9.33. The van der Waals surface area contributed by atoms with Crippen LogP contribution in [0.25, 0.3) is 5.57 Å². The zero-order chi connectivity index (χ0) is 20.8. The summed E-state index contributed by atoms with van der Waals surface area (Å²) in [5.41, 5.74) is 4.66. The predicted octanol–water partition coefficient (Wildman–Crippen LogP) is 6.57. The first-order valence-corrected chi connectivity index (χ1v) is 10.0. The predicted molar refractivity (Wildman–Crippen MR) is 118 cm³/mol. The second-order valence-corrected chi connectivity index (χ2v) is 7.52. The standard InChI is InChI=1S/C26H28O3/c1-3-19(21-6-12-25(28)13-7-21)17-23(22-8-14-26(29)15-9-22)16-18(2)20-4-10-24(27)11-5-20/h4-15,17-18,23,27-29H,3,16H2,1-2H3/b19-17+. The lowest BCUT2D eigenvalue weighted by Crippen LogP contribution is -2.03. The van der Waals surface area contributed by atoms with Gasteiger partial charge in [-0.1, -0.05) is 56.3 Å². The summed E-state index contributed by atoms with van der Waals surface area (Å²) < 4.78 is 0. The van der Waals surface area contributed by atoms with Gasteiger partial charge in [0.1, 0.15) is 17.2 Å². The molecule has 3 nitrogen and oxygen atoms in total. The summed E-state index contributed by atoms with van der Waals surface area (Å²) in [5.74, 6) is 1.26. The minimum absolute atomic E-state index is 0.170. The van der Waals surface area contributed by atoms with Gasteiger partial charge in [0.2, 0.25) is 0 Å². The van der Waals surface area contributed by atoms with Gasteiger partial charge in [0.25, 0.3) is 0 Å². The Bertz CT molecular complexity index is 939. The van der Waals surface area contributed by atoms with Crippen LogP contribution in [0.4, 0.5) is 0 Å². The molecule has 3 heteroatoms. The van der Waals surface area contributed by atoms with Crippen molar-refractivity contribution < 1.29 is 15.3 Å². The Balaban J connectivity index is 1.94. The van der Waals surface area contributed by atoms with Crippen LogP contribution in [-0.4, -0.2) is 15.3 Å². The second-order valence-electron chi connectivity index (χ2n) is 7.52. The highest BCUT2D eigenvalue weighted by molar-refractivity contribution is 5.67. The van der Waals surface area contributed by atoms with Crippen molar-refractivity contribution in [3.63, 3.8) is 0 Å². The number of phenols is 3. The molecule has 0 aliphatic carbocycles. The number of allylic oxidation sites excluding steroid dienone is 2. The van der Waals surface area contributed by atoms with Crippen molar-refractivity contribution in [2.45, 2.75) is 38.5 Å². The molecule has 2 atom stereocenters. The summed E-state index contributed by atoms with van der Waals surface area (Å²) in [4.78, 5) is 0. The van der Waals surface area contributed by atoms with Gasteiger partial charge in [0, 0.05) is 5.92 Å². The van der Waals surface area contributed by atoms with E-state index in [9.17, 15) is 15.3 Å². The Labute approximate surface area is 172 Å². The average Bonchev–Trinajstić information content (AvgIpc) is 2.73. The highest BCUT2D eigenvalue weighted by Gasteiger charge is 2.16. The third-order valence-electron chi connectivity index (χ3n) is 5.41. The van der Waals surface area contributed by atoms with Gasteiger partial charge in [-0.3, -0.25) is 0 Å². The molecule has 0 amide bonds. The van der Waals surface area contributed by atoms with Crippen molar-refractivity contribution in [3.8, 4) is 17.2 Å². The maximum absolute atomic E-state index is 9.69. The minimum atomic E-state index is 0.170. The van der Waals surface area contributed by atoms with Crippen molar-refractivity contribution in [1.29, 1.82) is 0 Å². The molecule has 0 aliphatic rings. The van der Waals surface area contributed by atoms with Gasteiger partial charge in [-0.15, -0.1) is 0 Å². The summed E-state index contributed by atoms with van der Waals surface area (Å²) >= 11 is 0. The molecule has 0 heterocycles. The van der Waals surface area contributed by atoms with Crippen LogP contribution in [0.3, 0.4) is 0 Å². The van der Waals surface area contributed by atoms with E-state index in [-0.39, 0.29) is 23.2 Å². The molecule has 0 aromatic heterocycles. The topological polar surface area (TPSA) is 60.7 Å². The van der Waals surface area contributed by atoms with E-state index in [1.807, 2.05) is 36.4 Å². The van der Waals surface area contributed by atoms with Gasteiger partial charge >= 0.3 is 0 Å². The fraction of sp³-hybridized carbons (Fsp3) is 0.231. The molecule has 0 saturated carbocycles. The van der Waals surface area contributed by atoms with Crippen LogP contribution in [0, 0.1) is 0 Å². The van der Waals surface area contributed by atoms with Gasteiger partial charge in [-0.2, -0.15) is 0 Å². The summed E-state index contributed by atoms with van der Waals surface area (Å²) in [6.45, 7) is 4.33. The van der Waals surface area contributed by atoms with Gasteiger partial charge < -0.3 is 15.3 Å². The summed E-state index contributed by atoms with van der Waals surface area (Å²) in [5, 5.41) is 28.9. The highest BCUT2D eigenvalue weighted by atomic mass is 16.3. The van der Waals surface area contributed by atoms with E-state index in [2.05, 4.69) is 19.9 Å². The number of phenolic OH excluding ortho intramolecular Hbond substituents is 3. The Hall–Kier alpha value is -3.20. The third-order valence-corrected chi connectivity index (χ3v) is 5.41. The number of rotatable bonds is 7. The highest BCUT2D eigenvalue weighted by Crippen LogP contribution is 2.35. The maximum Gasteiger partial charge on any atom is 0.115 e. The van der Waals surface area contributed by atoms with Gasteiger partial charge in [0.05, 0.1) is 0 Å². The summed E-state index contributed by atoms with van der Waals surface area (Å²) in [6.07, 6.45) is 4.08. The summed E-state index contributed by atoms with van der Waals surface area (Å²) in [7, 11) is 0. The molecule has 0 aliphatic heterocycles.